The second-order valence-electron chi connectivity index (χ2n) is 8.52. The van der Waals surface area contributed by atoms with Gasteiger partial charge in [-0.05, 0) is 41.7 Å². The van der Waals surface area contributed by atoms with Crippen LogP contribution in [0.2, 0.25) is 0 Å². The fraction of sp³-hybridized carbons (Fsp3) is 0.480. The molecule has 0 spiro atoms. The van der Waals surface area contributed by atoms with E-state index in [0.29, 0.717) is 17.7 Å². The number of ether oxygens (including phenoxy) is 3. The first-order valence-corrected chi connectivity index (χ1v) is 11.0. The molecule has 33 heavy (non-hydrogen) atoms. The highest BCUT2D eigenvalue weighted by molar-refractivity contribution is 5.65. The van der Waals surface area contributed by atoms with E-state index in [4.69, 9.17) is 14.2 Å². The average molecular weight is 461 g/mol. The monoisotopic (exact) mass is 460 g/mol. The van der Waals surface area contributed by atoms with E-state index in [2.05, 4.69) is 19.1 Å². The highest BCUT2D eigenvalue weighted by Crippen LogP contribution is 2.33. The van der Waals surface area contributed by atoms with Crippen LogP contribution in [0.4, 0.5) is 0 Å². The Labute approximate surface area is 193 Å². The summed E-state index contributed by atoms with van der Waals surface area (Å²) in [7, 11) is 0. The zero-order valence-corrected chi connectivity index (χ0v) is 19.1. The van der Waals surface area contributed by atoms with Crippen molar-refractivity contribution < 1.29 is 39.4 Å². The molecular formula is C25H32O8. The summed E-state index contributed by atoms with van der Waals surface area (Å²) in [6.45, 7) is 4.08. The Kier molecular flexibility index (Phi) is 8.10. The van der Waals surface area contributed by atoms with Gasteiger partial charge in [-0.2, -0.15) is 0 Å². The average Bonchev–Trinajstić information content (AvgIpc) is 2.80. The molecule has 1 aliphatic heterocycles. The summed E-state index contributed by atoms with van der Waals surface area (Å²) in [6, 6.07) is 13.4. The largest absolute Gasteiger partial charge is 0.463 e. The maximum absolute atomic E-state index is 11.2. The molecule has 0 unspecified atom stereocenters. The van der Waals surface area contributed by atoms with Gasteiger partial charge >= 0.3 is 5.97 Å². The normalized spacial score (nSPS) is 27.2. The Morgan fingerprint density at radius 2 is 1.73 bits per heavy atom. The molecule has 1 fully saturated rings. The first-order valence-electron chi connectivity index (χ1n) is 11.0. The lowest BCUT2D eigenvalue weighted by Crippen LogP contribution is -2.66. The summed E-state index contributed by atoms with van der Waals surface area (Å²) >= 11 is 0. The fourth-order valence-electron chi connectivity index (χ4n) is 3.75. The van der Waals surface area contributed by atoms with Crippen LogP contribution in [-0.4, -0.2) is 63.2 Å². The molecule has 1 aliphatic rings. The minimum atomic E-state index is -1.87. The van der Waals surface area contributed by atoms with Crippen molar-refractivity contribution in [3.63, 3.8) is 0 Å². The van der Waals surface area contributed by atoms with E-state index in [1.807, 2.05) is 18.2 Å². The molecule has 2 aromatic carbocycles. The van der Waals surface area contributed by atoms with Crippen molar-refractivity contribution in [1.29, 1.82) is 0 Å². The molecule has 3 rings (SSSR count). The molecule has 5 atom stereocenters. The van der Waals surface area contributed by atoms with Crippen molar-refractivity contribution >= 4 is 5.97 Å². The quantitative estimate of drug-likeness (QED) is 0.437. The van der Waals surface area contributed by atoms with Crippen molar-refractivity contribution in [3.05, 3.63) is 64.7 Å². The van der Waals surface area contributed by atoms with E-state index in [-0.39, 0.29) is 13.2 Å². The molecule has 180 valence electrons. The number of aryl methyl sites for hydroxylation is 1. The predicted octanol–water partition coefficient (Wildman–Crippen LogP) is 1.47. The van der Waals surface area contributed by atoms with Crippen molar-refractivity contribution in [2.24, 2.45) is 0 Å². The highest BCUT2D eigenvalue weighted by atomic mass is 16.7. The van der Waals surface area contributed by atoms with Crippen LogP contribution >= 0.6 is 0 Å². The summed E-state index contributed by atoms with van der Waals surface area (Å²) < 4.78 is 16.6. The maximum Gasteiger partial charge on any atom is 0.302 e. The summed E-state index contributed by atoms with van der Waals surface area (Å²) in [5.41, 5.74) is 1.80. The van der Waals surface area contributed by atoms with Gasteiger partial charge in [0, 0.05) is 13.3 Å². The van der Waals surface area contributed by atoms with Crippen molar-refractivity contribution in [2.75, 3.05) is 6.61 Å². The lowest BCUT2D eigenvalue weighted by molar-refractivity contribution is -0.309. The second kappa shape index (κ2) is 10.6. The van der Waals surface area contributed by atoms with Crippen LogP contribution in [0.5, 0.6) is 5.75 Å². The number of hydrogen-bond acceptors (Lipinski definition) is 8. The Morgan fingerprint density at radius 3 is 2.33 bits per heavy atom. The standard InChI is InChI=1S/C25H32O8/c1-4-16-5-7-17(8-6-16)11-19-10-9-18(13-26)12-20(19)32-24-22(28)23(29)25(3,30)21(33-24)14-31-15(2)27/h5-10,12,21-24,26,28-30H,4,11,13-14H2,1-3H3/t21-,22-,23-,24+,25-/m1/s1. The minimum Gasteiger partial charge on any atom is -0.463 e. The van der Waals surface area contributed by atoms with E-state index in [0.717, 1.165) is 17.5 Å². The third kappa shape index (κ3) is 5.90. The smallest absolute Gasteiger partial charge is 0.302 e. The highest BCUT2D eigenvalue weighted by Gasteiger charge is 2.53. The van der Waals surface area contributed by atoms with Gasteiger partial charge in [-0.1, -0.05) is 43.3 Å². The Balaban J connectivity index is 1.85. The van der Waals surface area contributed by atoms with Crippen LogP contribution < -0.4 is 4.74 Å². The van der Waals surface area contributed by atoms with Crippen LogP contribution in [-0.2, 0) is 33.7 Å². The van der Waals surface area contributed by atoms with E-state index in [1.165, 1.54) is 19.4 Å². The maximum atomic E-state index is 11.2. The van der Waals surface area contributed by atoms with Crippen LogP contribution in [0.15, 0.2) is 42.5 Å². The zero-order chi connectivity index (χ0) is 24.2. The number of carbonyl (C=O) groups is 1. The molecule has 1 heterocycles. The summed E-state index contributed by atoms with van der Waals surface area (Å²) in [5.74, 6) is -0.204. The van der Waals surface area contributed by atoms with Gasteiger partial charge in [0.1, 0.15) is 36.3 Å². The summed E-state index contributed by atoms with van der Waals surface area (Å²) in [6.07, 6.45) is -4.17. The molecule has 0 aliphatic carbocycles. The topological polar surface area (TPSA) is 126 Å². The molecule has 8 heteroatoms. The molecule has 0 bridgehead atoms. The van der Waals surface area contributed by atoms with Crippen LogP contribution in [0, 0.1) is 0 Å². The molecule has 0 amide bonds. The first-order chi connectivity index (χ1) is 15.6. The Hall–Kier alpha value is -2.49. The molecule has 4 N–H and O–H groups in total. The van der Waals surface area contributed by atoms with Crippen LogP contribution in [0.3, 0.4) is 0 Å². The second-order valence-corrected chi connectivity index (χ2v) is 8.52. The SMILES string of the molecule is CCc1ccc(Cc2ccc(CO)cc2O[C@H]2O[C@H](COC(C)=O)[C@@](C)(O)[C@H](O)[C@H]2O)cc1. The van der Waals surface area contributed by atoms with Gasteiger partial charge in [-0.15, -0.1) is 0 Å². The molecule has 0 saturated carbocycles. The summed E-state index contributed by atoms with van der Waals surface area (Å²) in [4.78, 5) is 11.2. The van der Waals surface area contributed by atoms with Gasteiger partial charge in [-0.25, -0.2) is 0 Å². The van der Waals surface area contributed by atoms with E-state index < -0.39 is 36.2 Å². The predicted molar refractivity (Wildman–Crippen MR) is 120 cm³/mol. The number of benzene rings is 2. The van der Waals surface area contributed by atoms with Gasteiger partial charge in [0.05, 0.1) is 6.61 Å². The van der Waals surface area contributed by atoms with Crippen LogP contribution in [0.25, 0.3) is 0 Å². The number of esters is 1. The zero-order valence-electron chi connectivity index (χ0n) is 19.1. The van der Waals surface area contributed by atoms with Gasteiger partial charge in [0.15, 0.2) is 0 Å². The minimum absolute atomic E-state index is 0.206. The molecule has 0 aromatic heterocycles. The third-order valence-electron chi connectivity index (χ3n) is 5.97. The van der Waals surface area contributed by atoms with E-state index >= 15 is 0 Å². The Bertz CT molecular complexity index is 940. The molecule has 0 radical (unpaired) electrons. The number of rotatable bonds is 8. The van der Waals surface area contributed by atoms with Gasteiger partial charge in [0.2, 0.25) is 6.29 Å². The lowest BCUT2D eigenvalue weighted by Gasteiger charge is -2.46. The number of aliphatic hydroxyl groups is 4. The van der Waals surface area contributed by atoms with Crippen molar-refractivity contribution in [1.82, 2.24) is 0 Å². The first kappa shape index (κ1) is 25.1. The number of hydrogen-bond donors (Lipinski definition) is 4. The molecule has 8 nitrogen and oxygen atoms in total. The van der Waals surface area contributed by atoms with Gasteiger partial charge in [-0.3, -0.25) is 4.79 Å². The van der Waals surface area contributed by atoms with Crippen molar-refractivity contribution in [2.45, 2.75) is 70.4 Å². The molecular weight excluding hydrogens is 428 g/mol. The number of carbonyl (C=O) groups excluding carboxylic acids is 1. The van der Waals surface area contributed by atoms with Crippen molar-refractivity contribution in [3.8, 4) is 5.75 Å². The lowest BCUT2D eigenvalue weighted by atomic mass is 9.86. The molecule has 2 aromatic rings. The third-order valence-corrected chi connectivity index (χ3v) is 5.97. The van der Waals surface area contributed by atoms with E-state index in [9.17, 15) is 25.2 Å². The molecule has 1 saturated heterocycles. The number of aliphatic hydroxyl groups excluding tert-OH is 3. The Morgan fingerprint density at radius 1 is 1.09 bits per heavy atom. The van der Waals surface area contributed by atoms with Gasteiger partial charge < -0.3 is 34.6 Å². The van der Waals surface area contributed by atoms with Gasteiger partial charge in [0.25, 0.3) is 0 Å². The van der Waals surface area contributed by atoms with Crippen LogP contribution in [0.1, 0.15) is 43.0 Å². The summed E-state index contributed by atoms with van der Waals surface area (Å²) in [5, 5.41) is 41.3. The van der Waals surface area contributed by atoms with E-state index in [1.54, 1.807) is 12.1 Å². The fourth-order valence-corrected chi connectivity index (χ4v) is 3.75.